The van der Waals surface area contributed by atoms with Crippen LogP contribution in [-0.4, -0.2) is 19.4 Å². The van der Waals surface area contributed by atoms with Crippen LogP contribution in [0, 0.1) is 0 Å². The van der Waals surface area contributed by atoms with Crippen molar-refractivity contribution in [3.63, 3.8) is 0 Å². The second-order valence-electron chi connectivity index (χ2n) is 2.97. The van der Waals surface area contributed by atoms with Crippen molar-refractivity contribution in [3.05, 3.63) is 24.3 Å². The average molecular weight is 220 g/mol. The smallest absolute Gasteiger partial charge is 0.199 e. The van der Waals surface area contributed by atoms with Gasteiger partial charge in [-0.1, -0.05) is 24.3 Å². The molecule has 0 spiro atoms. The summed E-state index contributed by atoms with van der Waals surface area (Å²) in [5, 5.41) is 0. The minimum Gasteiger partial charge on any atom is -0.218 e. The summed E-state index contributed by atoms with van der Waals surface area (Å²) in [7, 11) is -2.06. The molecule has 0 bridgehead atoms. The van der Waals surface area contributed by atoms with E-state index in [1.807, 2.05) is 45.1 Å². The molecule has 0 aromatic carbocycles. The first-order valence-corrected chi connectivity index (χ1v) is 7.24. The zero-order valence-electron chi connectivity index (χ0n) is 8.44. The Balaban J connectivity index is 4.81. The second kappa shape index (κ2) is 4.86. The van der Waals surface area contributed by atoms with Gasteiger partial charge in [0, 0.05) is 6.26 Å². The highest BCUT2D eigenvalue weighted by Gasteiger charge is 2.23. The van der Waals surface area contributed by atoms with E-state index >= 15 is 0 Å². The predicted octanol–water partition coefficient (Wildman–Crippen LogP) is 2.59. The van der Waals surface area contributed by atoms with Crippen molar-refractivity contribution in [2.24, 2.45) is 0 Å². The van der Waals surface area contributed by atoms with E-state index in [0.717, 1.165) is 10.8 Å². The molecule has 2 nitrogen and oxygen atoms in total. The maximum Gasteiger partial charge on any atom is 0.199 e. The van der Waals surface area contributed by atoms with E-state index in [1.165, 1.54) is 6.26 Å². The first kappa shape index (κ1) is 12.8. The first-order chi connectivity index (χ1) is 5.83. The largest absolute Gasteiger partial charge is 0.218 e. The van der Waals surface area contributed by atoms with E-state index in [4.69, 9.17) is 0 Å². The summed E-state index contributed by atoms with van der Waals surface area (Å²) in [4.78, 5) is 0. The molecule has 0 unspecified atom stereocenters. The molecule has 0 N–H and O–H groups in total. The molecule has 0 radical (unpaired) electrons. The Hall–Kier alpha value is -0.220. The van der Waals surface area contributed by atoms with Gasteiger partial charge in [0.15, 0.2) is 8.87 Å². The molecule has 0 aliphatic heterocycles. The molecule has 13 heavy (non-hydrogen) atoms. The van der Waals surface area contributed by atoms with Gasteiger partial charge in [-0.25, -0.2) is 8.42 Å². The van der Waals surface area contributed by atoms with Crippen molar-refractivity contribution in [1.82, 2.24) is 0 Å². The number of hydrogen-bond acceptors (Lipinski definition) is 3. The van der Waals surface area contributed by atoms with E-state index in [-0.39, 0.29) is 0 Å². The SMILES string of the molecule is CC=CC(C)(C=CC)SS(C)(=O)=O. The van der Waals surface area contributed by atoms with Crippen LogP contribution in [0.15, 0.2) is 24.3 Å². The third kappa shape index (κ3) is 5.93. The molecule has 0 rings (SSSR count). The Labute approximate surface area is 84.4 Å². The Bertz CT molecular complexity index is 288. The van der Waals surface area contributed by atoms with Gasteiger partial charge in [0.1, 0.15) is 0 Å². The molecule has 0 aromatic rings. The van der Waals surface area contributed by atoms with Gasteiger partial charge in [0.2, 0.25) is 0 Å². The standard InChI is InChI=1S/C9H16O2S2/c1-5-7-9(3,8-6-2)12-13(4,10)11/h5-8H,1-4H3. The maximum absolute atomic E-state index is 11.1. The summed E-state index contributed by atoms with van der Waals surface area (Å²) < 4.78 is 21.7. The summed E-state index contributed by atoms with van der Waals surface area (Å²) in [6.45, 7) is 5.63. The van der Waals surface area contributed by atoms with Gasteiger partial charge in [0.25, 0.3) is 0 Å². The van der Waals surface area contributed by atoms with Crippen LogP contribution in [-0.2, 0) is 8.87 Å². The van der Waals surface area contributed by atoms with Crippen LogP contribution < -0.4 is 0 Å². The van der Waals surface area contributed by atoms with Gasteiger partial charge in [-0.15, -0.1) is 0 Å². The average Bonchev–Trinajstić information content (AvgIpc) is 1.82. The highest BCUT2D eigenvalue weighted by molar-refractivity contribution is 8.72. The van der Waals surface area contributed by atoms with Crippen LogP contribution in [0.1, 0.15) is 20.8 Å². The van der Waals surface area contributed by atoms with Crippen LogP contribution in [0.4, 0.5) is 0 Å². The lowest BCUT2D eigenvalue weighted by molar-refractivity contribution is 0.615. The lowest BCUT2D eigenvalue weighted by Crippen LogP contribution is -2.15. The normalized spacial score (nSPS) is 18.2. The van der Waals surface area contributed by atoms with Crippen molar-refractivity contribution < 1.29 is 8.42 Å². The monoisotopic (exact) mass is 220 g/mol. The molecule has 0 aromatic heterocycles. The van der Waals surface area contributed by atoms with Gasteiger partial charge in [-0.05, 0) is 31.6 Å². The molecule has 0 aliphatic rings. The van der Waals surface area contributed by atoms with E-state index in [0.29, 0.717) is 0 Å². The Morgan fingerprint density at radius 1 is 1.15 bits per heavy atom. The van der Waals surface area contributed by atoms with Crippen molar-refractivity contribution in [1.29, 1.82) is 0 Å². The van der Waals surface area contributed by atoms with Gasteiger partial charge in [0.05, 0.1) is 4.75 Å². The molecule has 0 saturated carbocycles. The predicted molar refractivity (Wildman–Crippen MR) is 60.5 cm³/mol. The molecule has 0 fully saturated rings. The second-order valence-corrected chi connectivity index (χ2v) is 7.74. The lowest BCUT2D eigenvalue weighted by Gasteiger charge is -2.18. The zero-order valence-corrected chi connectivity index (χ0v) is 10.1. The van der Waals surface area contributed by atoms with Crippen LogP contribution in [0.25, 0.3) is 0 Å². The Morgan fingerprint density at radius 3 is 1.77 bits per heavy atom. The van der Waals surface area contributed by atoms with Crippen molar-refractivity contribution >= 4 is 19.7 Å². The van der Waals surface area contributed by atoms with Crippen LogP contribution in [0.2, 0.25) is 0 Å². The van der Waals surface area contributed by atoms with Crippen LogP contribution >= 0.6 is 10.8 Å². The highest BCUT2D eigenvalue weighted by Crippen LogP contribution is 2.32. The summed E-state index contributed by atoms with van der Waals surface area (Å²) in [5.74, 6) is 0. The topological polar surface area (TPSA) is 34.1 Å². The molecule has 0 heterocycles. The molecule has 0 saturated heterocycles. The van der Waals surface area contributed by atoms with Crippen molar-refractivity contribution in [3.8, 4) is 0 Å². The summed E-state index contributed by atoms with van der Waals surface area (Å²) in [6.07, 6.45) is 8.69. The first-order valence-electron chi connectivity index (χ1n) is 4.01. The molecular formula is C9H16O2S2. The molecule has 0 atom stereocenters. The molecule has 4 heteroatoms. The molecular weight excluding hydrogens is 204 g/mol. The maximum atomic E-state index is 11.1. The van der Waals surface area contributed by atoms with Gasteiger partial charge < -0.3 is 0 Å². The summed E-state index contributed by atoms with van der Waals surface area (Å²) in [6, 6.07) is 0. The fraction of sp³-hybridized carbons (Fsp3) is 0.556. The van der Waals surface area contributed by atoms with Crippen molar-refractivity contribution in [2.45, 2.75) is 25.5 Å². The number of allylic oxidation sites excluding steroid dienone is 2. The molecule has 76 valence electrons. The van der Waals surface area contributed by atoms with Crippen LogP contribution in [0.5, 0.6) is 0 Å². The van der Waals surface area contributed by atoms with Crippen LogP contribution in [0.3, 0.4) is 0 Å². The van der Waals surface area contributed by atoms with Gasteiger partial charge >= 0.3 is 0 Å². The highest BCUT2D eigenvalue weighted by atomic mass is 33.1. The molecule has 0 aliphatic carbocycles. The van der Waals surface area contributed by atoms with E-state index < -0.39 is 13.6 Å². The van der Waals surface area contributed by atoms with E-state index in [1.54, 1.807) is 0 Å². The minimum absolute atomic E-state index is 0.447. The molecule has 0 amide bonds. The zero-order chi connectivity index (χ0) is 10.5. The minimum atomic E-state index is -3.01. The summed E-state index contributed by atoms with van der Waals surface area (Å²) >= 11 is 0. The van der Waals surface area contributed by atoms with Crippen molar-refractivity contribution in [2.75, 3.05) is 6.26 Å². The quantitative estimate of drug-likeness (QED) is 0.539. The number of rotatable bonds is 4. The van der Waals surface area contributed by atoms with Gasteiger partial charge in [-0.2, -0.15) is 0 Å². The lowest BCUT2D eigenvalue weighted by atomic mass is 10.1. The third-order valence-electron chi connectivity index (χ3n) is 1.33. The third-order valence-corrected chi connectivity index (χ3v) is 4.25. The Morgan fingerprint density at radius 2 is 1.54 bits per heavy atom. The fourth-order valence-corrected chi connectivity index (χ4v) is 4.43. The summed E-state index contributed by atoms with van der Waals surface area (Å²) in [5.41, 5.74) is 0. The fourth-order valence-electron chi connectivity index (χ4n) is 1.10. The van der Waals surface area contributed by atoms with E-state index in [2.05, 4.69) is 0 Å². The number of hydrogen-bond donors (Lipinski definition) is 0. The van der Waals surface area contributed by atoms with E-state index in [9.17, 15) is 8.42 Å². The van der Waals surface area contributed by atoms with Gasteiger partial charge in [-0.3, -0.25) is 0 Å². The Kier molecular flexibility index (Phi) is 4.78.